The summed E-state index contributed by atoms with van der Waals surface area (Å²) in [6, 6.07) is 35.1. The van der Waals surface area contributed by atoms with Crippen molar-refractivity contribution in [3.8, 4) is 0 Å². The smallest absolute Gasteiger partial charge is 0.187 e. The molecular weight excluding hydrogens is 679 g/mol. The van der Waals surface area contributed by atoms with Crippen LogP contribution in [0.25, 0.3) is 0 Å². The van der Waals surface area contributed by atoms with Gasteiger partial charge in [0.15, 0.2) is 19.6 Å². The van der Waals surface area contributed by atoms with Crippen LogP contribution in [-0.4, -0.2) is 9.13 Å². The summed E-state index contributed by atoms with van der Waals surface area (Å²) in [4.78, 5) is 11.8. The minimum absolute atomic E-state index is 0.562. The van der Waals surface area contributed by atoms with Crippen LogP contribution >= 0.6 is 45.9 Å². The molecule has 242 valence electrons. The van der Waals surface area contributed by atoms with Gasteiger partial charge in [-0.3, -0.25) is 9.98 Å². The van der Waals surface area contributed by atoms with Crippen molar-refractivity contribution in [2.24, 2.45) is 30.4 Å². The van der Waals surface area contributed by atoms with Gasteiger partial charge in [0.25, 0.3) is 0 Å². The highest BCUT2D eigenvalue weighted by Crippen LogP contribution is 2.28. The average Bonchev–Trinajstić information content (AvgIpc) is 3.59. The zero-order valence-corrected chi connectivity index (χ0v) is 29.5. The Morgan fingerprint density at radius 1 is 0.500 bits per heavy atom. The third-order valence-corrected chi connectivity index (χ3v) is 10.2. The third kappa shape index (κ3) is 8.70. The first-order chi connectivity index (χ1) is 23.4. The zero-order chi connectivity index (χ0) is 33.3. The van der Waals surface area contributed by atoms with Crippen LogP contribution in [0.3, 0.4) is 0 Å². The summed E-state index contributed by atoms with van der Waals surface area (Å²) in [5.74, 6) is 0. The summed E-state index contributed by atoms with van der Waals surface area (Å²) < 4.78 is 4.42. The van der Waals surface area contributed by atoms with E-state index in [-0.39, 0.29) is 0 Å². The van der Waals surface area contributed by atoms with Crippen LogP contribution in [0, 0.1) is 13.8 Å². The first-order valence-electron chi connectivity index (χ1n) is 15.3. The lowest BCUT2D eigenvalue weighted by atomic mass is 10.2. The molecular formula is C36H32Cl2N8S2. The van der Waals surface area contributed by atoms with Crippen LogP contribution < -0.4 is 9.60 Å². The number of aromatic nitrogens is 2. The van der Waals surface area contributed by atoms with Crippen LogP contribution in [0.1, 0.15) is 22.5 Å². The molecule has 12 heteroatoms. The number of thiazole rings is 2. The van der Waals surface area contributed by atoms with Crippen molar-refractivity contribution in [2.75, 3.05) is 0 Å². The Morgan fingerprint density at radius 3 is 1.25 bits per heavy atom. The quantitative estimate of drug-likeness (QED) is 0.120. The fourth-order valence-corrected chi connectivity index (χ4v) is 7.01. The Bertz CT molecular complexity index is 2010. The lowest BCUT2D eigenvalue weighted by Crippen LogP contribution is -2.24. The molecule has 0 bridgehead atoms. The van der Waals surface area contributed by atoms with E-state index in [1.54, 1.807) is 0 Å². The van der Waals surface area contributed by atoms with Crippen molar-refractivity contribution in [3.05, 3.63) is 151 Å². The molecule has 0 aliphatic heterocycles. The normalized spacial score (nSPS) is 12.6. The Morgan fingerprint density at radius 2 is 0.875 bits per heavy atom. The van der Waals surface area contributed by atoms with Gasteiger partial charge in [-0.15, -0.1) is 20.5 Å². The highest BCUT2D eigenvalue weighted by atomic mass is 35.5. The molecule has 0 unspecified atom stereocenters. The zero-order valence-electron chi connectivity index (χ0n) is 26.4. The minimum Gasteiger partial charge on any atom is -0.317 e. The van der Waals surface area contributed by atoms with Gasteiger partial charge >= 0.3 is 0 Å². The van der Waals surface area contributed by atoms with E-state index in [4.69, 9.17) is 33.2 Å². The maximum atomic E-state index is 6.06. The molecule has 0 saturated heterocycles. The number of hydrogen-bond donors (Lipinski definition) is 0. The number of halogens is 2. The van der Waals surface area contributed by atoms with E-state index >= 15 is 0 Å². The molecule has 0 aliphatic rings. The largest absolute Gasteiger partial charge is 0.317 e. The molecule has 0 radical (unpaired) electrons. The molecule has 6 aromatic rings. The number of nitrogens with zero attached hydrogens (tertiary/aromatic N) is 8. The highest BCUT2D eigenvalue weighted by Gasteiger charge is 2.14. The van der Waals surface area contributed by atoms with Gasteiger partial charge in [-0.1, -0.05) is 107 Å². The maximum Gasteiger partial charge on any atom is 0.187 e. The van der Waals surface area contributed by atoms with Crippen molar-refractivity contribution in [1.82, 2.24) is 9.13 Å². The van der Waals surface area contributed by atoms with Crippen LogP contribution in [0.2, 0.25) is 10.0 Å². The van der Waals surface area contributed by atoms with Gasteiger partial charge in [0.05, 0.1) is 35.9 Å². The number of benzene rings is 4. The monoisotopic (exact) mass is 710 g/mol. The van der Waals surface area contributed by atoms with Crippen molar-refractivity contribution >= 4 is 67.3 Å². The summed E-state index contributed by atoms with van der Waals surface area (Å²) in [6.07, 6.45) is 0. The predicted molar refractivity (Wildman–Crippen MR) is 197 cm³/mol. The molecule has 8 nitrogen and oxygen atoms in total. The van der Waals surface area contributed by atoms with Crippen LogP contribution in [0.5, 0.6) is 0 Å². The molecule has 0 saturated carbocycles. The lowest BCUT2D eigenvalue weighted by molar-refractivity contribution is 0.539. The molecule has 0 N–H and O–H groups in total. The van der Waals surface area contributed by atoms with Crippen LogP contribution in [0.4, 0.5) is 21.4 Å². The molecule has 0 fully saturated rings. The summed E-state index contributed by atoms with van der Waals surface area (Å²) >= 11 is 15.2. The summed E-state index contributed by atoms with van der Waals surface area (Å²) in [7, 11) is 0. The van der Waals surface area contributed by atoms with E-state index in [0.29, 0.717) is 36.2 Å². The molecule has 48 heavy (non-hydrogen) atoms. The fourth-order valence-electron chi connectivity index (χ4n) is 4.80. The Kier molecular flexibility index (Phi) is 11.2. The average molecular weight is 712 g/mol. The van der Waals surface area contributed by atoms with Crippen LogP contribution in [-0.2, 0) is 26.2 Å². The van der Waals surface area contributed by atoms with Crippen molar-refractivity contribution in [3.63, 3.8) is 0 Å². The van der Waals surface area contributed by atoms with Gasteiger partial charge in [-0.05, 0) is 73.5 Å². The molecule has 4 aromatic carbocycles. The standard InChI is InChI=1S/C36H32Cl2N8S2/c1-25-33(43-41-31-17-13-29(37)14-18-31)47-35(39-23-27-9-5-3-6-10-27)45(25)21-22-46-26(2)34(44-42-32-19-15-30(38)16-20-32)48-36(46)40-24-28-11-7-4-8-12-28/h3-20H,21-24H2,1-2H3. The van der Waals surface area contributed by atoms with E-state index < -0.39 is 0 Å². The summed E-state index contributed by atoms with van der Waals surface area (Å²) in [5, 5.41) is 21.1. The third-order valence-electron chi connectivity index (χ3n) is 7.46. The second-order valence-electron chi connectivity index (χ2n) is 10.8. The van der Waals surface area contributed by atoms with E-state index in [1.807, 2.05) is 84.9 Å². The molecule has 0 aliphatic carbocycles. The fraction of sp³-hybridized carbons (Fsp3) is 0.167. The molecule has 0 spiro atoms. The maximum absolute atomic E-state index is 6.06. The van der Waals surface area contributed by atoms with Gasteiger partial charge in [0.2, 0.25) is 0 Å². The van der Waals surface area contributed by atoms with Crippen molar-refractivity contribution < 1.29 is 0 Å². The number of hydrogen-bond acceptors (Lipinski definition) is 8. The Labute approximate surface area is 296 Å². The first-order valence-corrected chi connectivity index (χ1v) is 17.7. The van der Waals surface area contributed by atoms with Crippen molar-refractivity contribution in [1.29, 1.82) is 0 Å². The van der Waals surface area contributed by atoms with Gasteiger partial charge in [0, 0.05) is 23.1 Å². The lowest BCUT2D eigenvalue weighted by Gasteiger charge is -2.10. The van der Waals surface area contributed by atoms with E-state index in [2.05, 4.69) is 67.7 Å². The van der Waals surface area contributed by atoms with Gasteiger partial charge in [0.1, 0.15) is 0 Å². The summed E-state index contributed by atoms with van der Waals surface area (Å²) in [5.41, 5.74) is 5.72. The highest BCUT2D eigenvalue weighted by molar-refractivity contribution is 7.13. The van der Waals surface area contributed by atoms with Crippen LogP contribution in [0.15, 0.2) is 140 Å². The molecule has 0 amide bonds. The SMILES string of the molecule is Cc1c(N=Nc2ccc(Cl)cc2)sc(=NCc2ccccc2)n1CCn1c(C)c(N=Nc2ccc(Cl)cc2)sc1=NCc1ccccc1. The number of azo groups is 2. The molecule has 0 atom stereocenters. The molecule has 2 aromatic heterocycles. The van der Waals surface area contributed by atoms with E-state index in [0.717, 1.165) is 53.5 Å². The molecule has 2 heterocycles. The van der Waals surface area contributed by atoms with E-state index in [9.17, 15) is 0 Å². The first kappa shape index (κ1) is 33.4. The summed E-state index contributed by atoms with van der Waals surface area (Å²) in [6.45, 7) is 6.54. The Hall–Kier alpha value is -4.48. The van der Waals surface area contributed by atoms with E-state index in [1.165, 1.54) is 22.7 Å². The topological polar surface area (TPSA) is 84.0 Å². The Balaban J connectivity index is 1.34. The predicted octanol–water partition coefficient (Wildman–Crippen LogP) is 11.1. The van der Waals surface area contributed by atoms with Gasteiger partial charge in [-0.25, -0.2) is 0 Å². The van der Waals surface area contributed by atoms with Crippen molar-refractivity contribution in [2.45, 2.75) is 40.0 Å². The number of rotatable bonds is 11. The molecule has 6 rings (SSSR count). The van der Waals surface area contributed by atoms with Gasteiger partial charge in [-0.2, -0.15) is 0 Å². The second-order valence-corrected chi connectivity index (χ2v) is 13.6. The minimum atomic E-state index is 0.562. The second kappa shape index (κ2) is 16.1. The van der Waals surface area contributed by atoms with Gasteiger partial charge < -0.3 is 9.13 Å².